The fraction of sp³-hybridized carbons (Fsp3) is 0.500. The average molecular weight is 285 g/mol. The third-order valence-electron chi connectivity index (χ3n) is 3.00. The van der Waals surface area contributed by atoms with Crippen LogP contribution in [0.2, 0.25) is 0 Å². The Balaban J connectivity index is 0.00000120. The van der Waals surface area contributed by atoms with Crippen molar-refractivity contribution in [3.05, 3.63) is 23.3 Å². The van der Waals surface area contributed by atoms with Crippen LogP contribution in [-0.4, -0.2) is 41.0 Å². The molecular weight excluding hydrogens is 268 g/mol. The highest BCUT2D eigenvalue weighted by atomic mass is 35.5. The zero-order valence-corrected chi connectivity index (χ0v) is 11.8. The summed E-state index contributed by atoms with van der Waals surface area (Å²) in [5.74, 6) is 0. The molecule has 0 bridgehead atoms. The summed E-state index contributed by atoms with van der Waals surface area (Å²) in [4.78, 5) is 12.5. The molecule has 1 aliphatic heterocycles. The zero-order valence-electron chi connectivity index (χ0n) is 10.1. The highest BCUT2D eigenvalue weighted by Gasteiger charge is 2.12. The standard InChI is InChI=1S/C12H16N4S.ClH/c1-3-10-12(14-5-1)17-11(15-10)9-16-7-2-4-13-6-8-16;/h1,3,5,13H,2,4,6-9H2;1H. The first kappa shape index (κ1) is 13.7. The molecule has 0 amide bonds. The summed E-state index contributed by atoms with van der Waals surface area (Å²) in [5.41, 5.74) is 1.03. The van der Waals surface area contributed by atoms with E-state index in [1.807, 2.05) is 18.3 Å². The first-order chi connectivity index (χ1) is 8.42. The molecule has 1 fully saturated rings. The van der Waals surface area contributed by atoms with Gasteiger partial charge in [0.05, 0.1) is 6.54 Å². The van der Waals surface area contributed by atoms with Crippen molar-refractivity contribution < 1.29 is 0 Å². The maximum Gasteiger partial charge on any atom is 0.143 e. The molecule has 0 aliphatic carbocycles. The zero-order chi connectivity index (χ0) is 11.5. The molecule has 0 aromatic carbocycles. The van der Waals surface area contributed by atoms with Gasteiger partial charge in [-0.3, -0.25) is 4.90 Å². The van der Waals surface area contributed by atoms with Crippen LogP contribution in [0.3, 0.4) is 0 Å². The number of rotatable bonds is 2. The lowest BCUT2D eigenvalue weighted by molar-refractivity contribution is 0.284. The van der Waals surface area contributed by atoms with E-state index in [0.717, 1.165) is 43.1 Å². The van der Waals surface area contributed by atoms with Crippen molar-refractivity contribution in [3.63, 3.8) is 0 Å². The molecule has 2 aromatic heterocycles. The van der Waals surface area contributed by atoms with Crippen LogP contribution < -0.4 is 5.32 Å². The number of thiazole rings is 1. The minimum absolute atomic E-state index is 0. The highest BCUT2D eigenvalue weighted by molar-refractivity contribution is 7.18. The van der Waals surface area contributed by atoms with Gasteiger partial charge in [0.1, 0.15) is 15.4 Å². The lowest BCUT2D eigenvalue weighted by atomic mass is 10.4. The number of halogens is 1. The lowest BCUT2D eigenvalue weighted by Crippen LogP contribution is -2.27. The van der Waals surface area contributed by atoms with Crippen LogP contribution in [0.15, 0.2) is 18.3 Å². The van der Waals surface area contributed by atoms with Gasteiger partial charge < -0.3 is 5.32 Å². The van der Waals surface area contributed by atoms with Crippen LogP contribution in [0.4, 0.5) is 0 Å². The third kappa shape index (κ3) is 3.17. The van der Waals surface area contributed by atoms with Gasteiger partial charge in [-0.2, -0.15) is 0 Å². The molecule has 0 radical (unpaired) electrons. The number of hydrogen-bond acceptors (Lipinski definition) is 5. The molecule has 0 unspecified atom stereocenters. The first-order valence-electron chi connectivity index (χ1n) is 6.05. The second-order valence-corrected chi connectivity index (χ2v) is 5.38. The maximum atomic E-state index is 4.63. The summed E-state index contributed by atoms with van der Waals surface area (Å²) in [5, 5.41) is 4.60. The van der Waals surface area contributed by atoms with E-state index in [1.165, 1.54) is 11.4 Å². The predicted octanol–water partition coefficient (Wildman–Crippen LogP) is 1.91. The Morgan fingerprint density at radius 1 is 1.33 bits per heavy atom. The molecule has 4 nitrogen and oxygen atoms in total. The van der Waals surface area contributed by atoms with Gasteiger partial charge in [-0.15, -0.1) is 12.4 Å². The van der Waals surface area contributed by atoms with E-state index in [9.17, 15) is 0 Å². The largest absolute Gasteiger partial charge is 0.315 e. The second kappa shape index (κ2) is 6.43. The van der Waals surface area contributed by atoms with Gasteiger partial charge in [0.15, 0.2) is 0 Å². The summed E-state index contributed by atoms with van der Waals surface area (Å²) >= 11 is 1.71. The van der Waals surface area contributed by atoms with Crippen LogP contribution in [0, 0.1) is 0 Å². The molecule has 0 spiro atoms. The lowest BCUT2D eigenvalue weighted by Gasteiger charge is -2.17. The van der Waals surface area contributed by atoms with Gasteiger partial charge in [0.25, 0.3) is 0 Å². The molecule has 1 aliphatic rings. The molecule has 3 rings (SSSR count). The van der Waals surface area contributed by atoms with Gasteiger partial charge in [-0.1, -0.05) is 11.3 Å². The van der Waals surface area contributed by atoms with E-state index in [-0.39, 0.29) is 12.4 Å². The van der Waals surface area contributed by atoms with Crippen molar-refractivity contribution in [3.8, 4) is 0 Å². The summed E-state index contributed by atoms with van der Waals surface area (Å²) < 4.78 is 0. The Kier molecular flexibility index (Phi) is 4.88. The van der Waals surface area contributed by atoms with Crippen molar-refractivity contribution in [2.75, 3.05) is 26.2 Å². The molecule has 98 valence electrons. The Morgan fingerprint density at radius 3 is 3.17 bits per heavy atom. The monoisotopic (exact) mass is 284 g/mol. The summed E-state index contributed by atoms with van der Waals surface area (Å²) in [6, 6.07) is 3.98. The summed E-state index contributed by atoms with van der Waals surface area (Å²) in [6.45, 7) is 5.46. The predicted molar refractivity (Wildman–Crippen MR) is 77.4 cm³/mol. The topological polar surface area (TPSA) is 41.1 Å². The van der Waals surface area contributed by atoms with Crippen molar-refractivity contribution in [1.82, 2.24) is 20.2 Å². The molecule has 18 heavy (non-hydrogen) atoms. The quantitative estimate of drug-likeness (QED) is 0.915. The van der Waals surface area contributed by atoms with E-state index in [4.69, 9.17) is 0 Å². The SMILES string of the molecule is Cl.c1cnc2sc(CN3CCCNCC3)nc2c1. The summed E-state index contributed by atoms with van der Waals surface area (Å²) in [6.07, 6.45) is 3.06. The van der Waals surface area contributed by atoms with Gasteiger partial charge in [0.2, 0.25) is 0 Å². The van der Waals surface area contributed by atoms with E-state index >= 15 is 0 Å². The smallest absolute Gasteiger partial charge is 0.143 e. The van der Waals surface area contributed by atoms with E-state index < -0.39 is 0 Å². The van der Waals surface area contributed by atoms with Crippen molar-refractivity contribution in [2.45, 2.75) is 13.0 Å². The Labute approximate surface area is 117 Å². The molecule has 6 heteroatoms. The number of fused-ring (bicyclic) bond motifs is 1. The second-order valence-electron chi connectivity index (χ2n) is 4.31. The number of hydrogen-bond donors (Lipinski definition) is 1. The van der Waals surface area contributed by atoms with Gasteiger partial charge >= 0.3 is 0 Å². The van der Waals surface area contributed by atoms with E-state index in [1.54, 1.807) is 11.3 Å². The van der Waals surface area contributed by atoms with Crippen LogP contribution in [0.5, 0.6) is 0 Å². The van der Waals surface area contributed by atoms with Gasteiger partial charge in [-0.25, -0.2) is 9.97 Å². The molecular formula is C12H17ClN4S. The number of pyridine rings is 1. The molecule has 3 heterocycles. The fourth-order valence-electron chi connectivity index (χ4n) is 2.13. The molecule has 1 N–H and O–H groups in total. The van der Waals surface area contributed by atoms with E-state index in [2.05, 4.69) is 20.2 Å². The average Bonchev–Trinajstić information content (AvgIpc) is 2.57. The van der Waals surface area contributed by atoms with Crippen LogP contribution in [-0.2, 0) is 6.54 Å². The van der Waals surface area contributed by atoms with Gasteiger partial charge in [0, 0.05) is 19.3 Å². The van der Waals surface area contributed by atoms with Crippen molar-refractivity contribution in [2.24, 2.45) is 0 Å². The Bertz CT molecular complexity index is 461. The maximum absolute atomic E-state index is 4.63. The fourth-order valence-corrected chi connectivity index (χ4v) is 3.08. The van der Waals surface area contributed by atoms with Crippen molar-refractivity contribution >= 4 is 34.1 Å². The molecule has 1 saturated heterocycles. The number of nitrogens with zero attached hydrogens (tertiary/aromatic N) is 3. The van der Waals surface area contributed by atoms with Crippen LogP contribution >= 0.6 is 23.7 Å². The summed E-state index contributed by atoms with van der Waals surface area (Å²) in [7, 11) is 0. The number of nitrogens with one attached hydrogen (secondary N) is 1. The highest BCUT2D eigenvalue weighted by Crippen LogP contribution is 2.20. The van der Waals surface area contributed by atoms with Gasteiger partial charge in [-0.05, 0) is 31.6 Å². The third-order valence-corrected chi connectivity index (χ3v) is 3.97. The number of aromatic nitrogens is 2. The molecule has 2 aromatic rings. The van der Waals surface area contributed by atoms with Crippen LogP contribution in [0.1, 0.15) is 11.4 Å². The van der Waals surface area contributed by atoms with Crippen LogP contribution in [0.25, 0.3) is 10.3 Å². The van der Waals surface area contributed by atoms with Crippen molar-refractivity contribution in [1.29, 1.82) is 0 Å². The van der Waals surface area contributed by atoms with E-state index in [0.29, 0.717) is 0 Å². The first-order valence-corrected chi connectivity index (χ1v) is 6.87. The minimum Gasteiger partial charge on any atom is -0.315 e. The molecule has 0 atom stereocenters. The molecule has 0 saturated carbocycles. The Hall–Kier alpha value is -0.750. The Morgan fingerprint density at radius 2 is 2.28 bits per heavy atom. The minimum atomic E-state index is 0. The normalized spacial score (nSPS) is 17.3.